The number of benzene rings is 2. The van der Waals surface area contributed by atoms with Gasteiger partial charge in [-0.3, -0.25) is 10.1 Å². The van der Waals surface area contributed by atoms with Gasteiger partial charge in [0.25, 0.3) is 5.91 Å². The van der Waals surface area contributed by atoms with Gasteiger partial charge >= 0.3 is 0 Å². The summed E-state index contributed by atoms with van der Waals surface area (Å²) in [4.78, 5) is 27.5. The quantitative estimate of drug-likeness (QED) is 0.228. The molecule has 38 heavy (non-hydrogen) atoms. The number of methoxy groups -OCH3 is 1. The third-order valence-electron chi connectivity index (χ3n) is 6.03. The first-order valence-corrected chi connectivity index (χ1v) is 13.0. The third-order valence-corrected chi connectivity index (χ3v) is 7.05. The molecule has 190 valence electrons. The number of carbonyl (C=O) groups is 1. The summed E-state index contributed by atoms with van der Waals surface area (Å²) in [7, 11) is 1.49. The van der Waals surface area contributed by atoms with Crippen LogP contribution in [0.15, 0.2) is 91.3 Å². The van der Waals surface area contributed by atoms with E-state index < -0.39 is 0 Å². The molecule has 3 heterocycles. The summed E-state index contributed by atoms with van der Waals surface area (Å²) in [6.45, 7) is 4.15. The summed E-state index contributed by atoms with van der Waals surface area (Å²) in [6.07, 6.45) is 3.37. The monoisotopic (exact) mass is 521 g/mol. The van der Waals surface area contributed by atoms with E-state index in [2.05, 4.69) is 45.7 Å². The Bertz CT molecular complexity index is 1570. The van der Waals surface area contributed by atoms with Crippen molar-refractivity contribution < 1.29 is 9.53 Å². The van der Waals surface area contributed by atoms with Crippen molar-refractivity contribution in [3.05, 3.63) is 108 Å². The summed E-state index contributed by atoms with van der Waals surface area (Å²) in [6, 6.07) is 25.8. The van der Waals surface area contributed by atoms with E-state index in [1.807, 2.05) is 55.5 Å². The number of anilines is 2. The molecular weight excluding hydrogens is 494 g/mol. The minimum Gasteiger partial charge on any atom is -0.480 e. The first kappa shape index (κ1) is 25.1. The molecule has 0 aliphatic rings. The van der Waals surface area contributed by atoms with Crippen molar-refractivity contribution in [3.63, 3.8) is 0 Å². The molecule has 1 unspecified atom stereocenters. The smallest absolute Gasteiger partial charge is 0.262 e. The van der Waals surface area contributed by atoms with E-state index >= 15 is 0 Å². The molecule has 0 spiro atoms. The predicted octanol–water partition coefficient (Wildman–Crippen LogP) is 7.01. The van der Waals surface area contributed by atoms with Crippen LogP contribution in [0.2, 0.25) is 0 Å². The fourth-order valence-electron chi connectivity index (χ4n) is 4.15. The van der Waals surface area contributed by atoms with Crippen LogP contribution < -0.4 is 15.4 Å². The standard InChI is InChI=1S/C30H27N5O2S/c1-19-9-7-12-22(17-19)26-27(38-30(34-26)35-28(36)24-13-8-15-32-29(24)37-3)23-14-16-31-25(18-23)33-20(2)21-10-5-4-6-11-21/h4-18,20H,1-3H3,(H,31,33)(H,34,35,36). The largest absolute Gasteiger partial charge is 0.480 e. The first-order chi connectivity index (χ1) is 18.5. The number of nitrogens with one attached hydrogen (secondary N) is 2. The van der Waals surface area contributed by atoms with E-state index in [4.69, 9.17) is 9.72 Å². The zero-order valence-electron chi connectivity index (χ0n) is 21.3. The molecule has 0 saturated heterocycles. The van der Waals surface area contributed by atoms with Crippen molar-refractivity contribution >= 4 is 28.2 Å². The Morgan fingerprint density at radius 3 is 2.55 bits per heavy atom. The Labute approximate surface area is 225 Å². The zero-order chi connectivity index (χ0) is 26.5. The lowest BCUT2D eigenvalue weighted by Gasteiger charge is -2.15. The van der Waals surface area contributed by atoms with Crippen LogP contribution in [0.4, 0.5) is 10.9 Å². The average molecular weight is 522 g/mol. The van der Waals surface area contributed by atoms with Crippen LogP contribution in [-0.4, -0.2) is 28.0 Å². The number of amides is 1. The van der Waals surface area contributed by atoms with Gasteiger partial charge in [-0.2, -0.15) is 0 Å². The highest BCUT2D eigenvalue weighted by atomic mass is 32.1. The van der Waals surface area contributed by atoms with Crippen LogP contribution in [0.1, 0.15) is 34.5 Å². The van der Waals surface area contributed by atoms with E-state index in [9.17, 15) is 4.79 Å². The normalized spacial score (nSPS) is 11.6. The van der Waals surface area contributed by atoms with Crippen molar-refractivity contribution in [1.82, 2.24) is 15.0 Å². The molecule has 0 bridgehead atoms. The molecule has 0 aliphatic heterocycles. The Kier molecular flexibility index (Phi) is 7.42. The maximum Gasteiger partial charge on any atom is 0.262 e. The molecule has 3 aromatic heterocycles. The molecule has 0 fully saturated rings. The molecule has 1 atom stereocenters. The highest BCUT2D eigenvalue weighted by Gasteiger charge is 2.20. The topological polar surface area (TPSA) is 89.0 Å². The van der Waals surface area contributed by atoms with E-state index in [1.54, 1.807) is 24.5 Å². The van der Waals surface area contributed by atoms with Crippen molar-refractivity contribution in [2.45, 2.75) is 19.9 Å². The van der Waals surface area contributed by atoms with E-state index in [1.165, 1.54) is 24.0 Å². The van der Waals surface area contributed by atoms with E-state index in [0.29, 0.717) is 10.7 Å². The Hall–Kier alpha value is -4.56. The minimum absolute atomic E-state index is 0.0842. The number of carbonyl (C=O) groups excluding carboxylic acids is 1. The van der Waals surface area contributed by atoms with Crippen molar-refractivity contribution in [3.8, 4) is 27.6 Å². The van der Waals surface area contributed by atoms with Crippen LogP contribution in [0.3, 0.4) is 0 Å². The second-order valence-electron chi connectivity index (χ2n) is 8.79. The molecule has 8 heteroatoms. The number of rotatable bonds is 8. The molecule has 2 N–H and O–H groups in total. The molecule has 2 aromatic carbocycles. The van der Waals surface area contributed by atoms with Gasteiger partial charge in [-0.15, -0.1) is 0 Å². The van der Waals surface area contributed by atoms with E-state index in [-0.39, 0.29) is 17.8 Å². The molecule has 0 saturated carbocycles. The molecule has 0 aliphatic carbocycles. The summed E-state index contributed by atoms with van der Waals surface area (Å²) in [5, 5.41) is 6.91. The third kappa shape index (κ3) is 5.55. The van der Waals surface area contributed by atoms with Gasteiger partial charge < -0.3 is 10.1 Å². The van der Waals surface area contributed by atoms with Crippen LogP contribution in [0.5, 0.6) is 5.88 Å². The second kappa shape index (κ2) is 11.2. The zero-order valence-corrected chi connectivity index (χ0v) is 22.1. The number of pyridine rings is 2. The summed E-state index contributed by atoms with van der Waals surface area (Å²) >= 11 is 1.41. The number of hydrogen-bond donors (Lipinski definition) is 2. The fourth-order valence-corrected chi connectivity index (χ4v) is 5.12. The lowest BCUT2D eigenvalue weighted by atomic mass is 10.1. The predicted molar refractivity (Wildman–Crippen MR) is 153 cm³/mol. The highest BCUT2D eigenvalue weighted by Crippen LogP contribution is 2.40. The maximum atomic E-state index is 13.1. The van der Waals surface area contributed by atoms with Gasteiger partial charge in [0, 0.05) is 24.0 Å². The number of hydrogen-bond acceptors (Lipinski definition) is 7. The Morgan fingerprint density at radius 1 is 0.921 bits per heavy atom. The van der Waals surface area contributed by atoms with Gasteiger partial charge in [-0.25, -0.2) is 15.0 Å². The van der Waals surface area contributed by atoms with Gasteiger partial charge in [0.05, 0.1) is 17.7 Å². The number of ether oxygens (including phenoxy) is 1. The molecule has 0 radical (unpaired) electrons. The number of aromatic nitrogens is 3. The summed E-state index contributed by atoms with van der Waals surface area (Å²) < 4.78 is 5.26. The van der Waals surface area contributed by atoms with Crippen LogP contribution in [-0.2, 0) is 0 Å². The second-order valence-corrected chi connectivity index (χ2v) is 9.79. The lowest BCUT2D eigenvalue weighted by molar-refractivity contribution is 0.102. The average Bonchev–Trinajstić information content (AvgIpc) is 3.37. The van der Waals surface area contributed by atoms with Gasteiger partial charge in [0.15, 0.2) is 5.13 Å². The Balaban J connectivity index is 1.50. The Morgan fingerprint density at radius 2 is 1.76 bits per heavy atom. The van der Waals surface area contributed by atoms with Crippen molar-refractivity contribution in [1.29, 1.82) is 0 Å². The molecule has 5 rings (SSSR count). The van der Waals surface area contributed by atoms with Crippen LogP contribution in [0, 0.1) is 6.92 Å². The number of thiazole rings is 1. The number of nitrogens with zero attached hydrogens (tertiary/aromatic N) is 3. The first-order valence-electron chi connectivity index (χ1n) is 12.2. The maximum absolute atomic E-state index is 13.1. The minimum atomic E-state index is -0.334. The summed E-state index contributed by atoms with van der Waals surface area (Å²) in [5.41, 5.74) is 5.36. The lowest BCUT2D eigenvalue weighted by Crippen LogP contribution is -2.13. The SMILES string of the molecule is COc1ncccc1C(=O)Nc1nc(-c2cccc(C)c2)c(-c2ccnc(NC(C)c3ccccc3)c2)s1. The van der Waals surface area contributed by atoms with Crippen molar-refractivity contribution in [2.24, 2.45) is 0 Å². The summed E-state index contributed by atoms with van der Waals surface area (Å²) in [5.74, 6) is 0.686. The van der Waals surface area contributed by atoms with Gasteiger partial charge in [0.1, 0.15) is 11.4 Å². The molecule has 7 nitrogen and oxygen atoms in total. The fraction of sp³-hybridized carbons (Fsp3) is 0.133. The molecular formula is C30H27N5O2S. The molecule has 5 aromatic rings. The van der Waals surface area contributed by atoms with Gasteiger partial charge in [0.2, 0.25) is 5.88 Å². The van der Waals surface area contributed by atoms with E-state index in [0.717, 1.165) is 33.1 Å². The molecule has 1 amide bonds. The van der Waals surface area contributed by atoms with Crippen LogP contribution in [0.25, 0.3) is 21.7 Å². The number of aryl methyl sites for hydroxylation is 1. The highest BCUT2D eigenvalue weighted by molar-refractivity contribution is 7.19. The van der Waals surface area contributed by atoms with Gasteiger partial charge in [-0.05, 0) is 55.3 Å². The van der Waals surface area contributed by atoms with Crippen LogP contribution >= 0.6 is 11.3 Å². The van der Waals surface area contributed by atoms with Crippen molar-refractivity contribution in [2.75, 3.05) is 17.7 Å². The van der Waals surface area contributed by atoms with Gasteiger partial charge in [-0.1, -0.05) is 65.4 Å².